The minimum absolute atomic E-state index is 0.580. The van der Waals surface area contributed by atoms with Gasteiger partial charge in [-0.2, -0.15) is 0 Å². The average molecular weight is 390 g/mol. The maximum absolute atomic E-state index is 4.58. The number of hydrogen-bond donors (Lipinski definition) is 2. The summed E-state index contributed by atoms with van der Waals surface area (Å²) in [4.78, 5) is 4.58. The molecular weight excluding hydrogens is 354 g/mol. The molecule has 0 spiro atoms. The van der Waals surface area contributed by atoms with Crippen molar-refractivity contribution < 1.29 is 0 Å². The number of benzene rings is 1. The molecule has 0 aromatic heterocycles. The van der Waals surface area contributed by atoms with E-state index in [4.69, 9.17) is 0 Å². The summed E-state index contributed by atoms with van der Waals surface area (Å²) < 4.78 is 0. The molecule has 1 aromatic rings. The fourth-order valence-corrected chi connectivity index (χ4v) is 3.46. The van der Waals surface area contributed by atoms with Crippen LogP contribution in [0, 0.1) is 6.92 Å². The van der Waals surface area contributed by atoms with Crippen molar-refractivity contribution in [2.24, 2.45) is 4.99 Å². The molecule has 1 aliphatic carbocycles. The summed E-state index contributed by atoms with van der Waals surface area (Å²) >= 11 is 0. The number of allylic oxidation sites excluding steroid dienone is 4. The smallest absolute Gasteiger partial charge is 0.133 e. The summed E-state index contributed by atoms with van der Waals surface area (Å²) in [7, 11) is 0. The van der Waals surface area contributed by atoms with Gasteiger partial charge in [-0.25, -0.2) is 4.99 Å². The van der Waals surface area contributed by atoms with Crippen molar-refractivity contribution in [3.63, 3.8) is 0 Å². The van der Waals surface area contributed by atoms with Crippen LogP contribution in [0.4, 0.5) is 5.69 Å². The van der Waals surface area contributed by atoms with Crippen LogP contribution >= 0.6 is 0 Å². The molecule has 1 aromatic carbocycles. The van der Waals surface area contributed by atoms with E-state index in [2.05, 4.69) is 80.4 Å². The molecule has 3 nitrogen and oxygen atoms in total. The summed E-state index contributed by atoms with van der Waals surface area (Å²) in [5, 5.41) is 7.04. The van der Waals surface area contributed by atoms with E-state index in [-0.39, 0.29) is 0 Å². The van der Waals surface area contributed by atoms with Gasteiger partial charge in [-0.05, 0) is 80.9 Å². The van der Waals surface area contributed by atoms with Crippen LogP contribution in [-0.2, 0) is 0 Å². The fourth-order valence-electron chi connectivity index (χ4n) is 3.46. The van der Waals surface area contributed by atoms with Crippen LogP contribution in [0.5, 0.6) is 0 Å². The summed E-state index contributed by atoms with van der Waals surface area (Å²) in [6.45, 7) is 22.6. The predicted molar refractivity (Wildman–Crippen MR) is 129 cm³/mol. The number of nitrogens with one attached hydrogen (secondary N) is 2. The van der Waals surface area contributed by atoms with Crippen molar-refractivity contribution in [2.75, 3.05) is 5.32 Å². The predicted octanol–water partition coefficient (Wildman–Crippen LogP) is 6.92. The van der Waals surface area contributed by atoms with Gasteiger partial charge in [0.1, 0.15) is 5.84 Å². The van der Waals surface area contributed by atoms with E-state index in [9.17, 15) is 0 Å². The van der Waals surface area contributed by atoms with Crippen LogP contribution < -0.4 is 10.6 Å². The van der Waals surface area contributed by atoms with Crippen molar-refractivity contribution in [2.45, 2.75) is 59.9 Å². The Bertz CT molecular complexity index is 893. The van der Waals surface area contributed by atoms with Crippen LogP contribution in [-0.4, -0.2) is 11.9 Å². The molecule has 0 saturated heterocycles. The van der Waals surface area contributed by atoms with E-state index in [1.54, 1.807) is 6.20 Å². The van der Waals surface area contributed by atoms with Gasteiger partial charge in [0, 0.05) is 23.6 Å². The molecule has 0 amide bonds. The summed E-state index contributed by atoms with van der Waals surface area (Å²) in [6, 6.07) is 6.96. The molecule has 1 saturated carbocycles. The number of nitrogens with zero attached hydrogens (tertiary/aromatic N) is 1. The van der Waals surface area contributed by atoms with Gasteiger partial charge in [0.25, 0.3) is 0 Å². The molecule has 0 radical (unpaired) electrons. The number of rotatable bonds is 9. The number of anilines is 1. The van der Waals surface area contributed by atoms with Gasteiger partial charge in [-0.1, -0.05) is 50.4 Å². The molecule has 1 fully saturated rings. The first kappa shape index (κ1) is 22.5. The van der Waals surface area contributed by atoms with Crippen molar-refractivity contribution in [3.8, 4) is 0 Å². The zero-order chi connectivity index (χ0) is 21.6. The lowest BCUT2D eigenvalue weighted by atomic mass is 9.94. The van der Waals surface area contributed by atoms with Crippen LogP contribution in [0.2, 0.25) is 0 Å². The van der Waals surface area contributed by atoms with E-state index in [0.717, 1.165) is 51.5 Å². The Morgan fingerprint density at radius 2 is 1.93 bits per heavy atom. The Balaban J connectivity index is 2.41. The third-order valence-corrected chi connectivity index (χ3v) is 5.26. The number of aryl methyl sites for hydroxylation is 1. The van der Waals surface area contributed by atoms with Gasteiger partial charge in [0.15, 0.2) is 0 Å². The largest absolute Gasteiger partial charge is 0.382 e. The zero-order valence-electron chi connectivity index (χ0n) is 18.7. The molecule has 0 atom stereocenters. The lowest BCUT2D eigenvalue weighted by Gasteiger charge is -2.19. The molecule has 0 bridgehead atoms. The van der Waals surface area contributed by atoms with Crippen LogP contribution in [0.1, 0.15) is 58.1 Å². The quantitative estimate of drug-likeness (QED) is 0.273. The van der Waals surface area contributed by atoms with Crippen LogP contribution in [0.25, 0.3) is 5.70 Å². The summed E-state index contributed by atoms with van der Waals surface area (Å²) in [6.07, 6.45) is 7.01. The minimum Gasteiger partial charge on any atom is -0.382 e. The van der Waals surface area contributed by atoms with Gasteiger partial charge in [0.2, 0.25) is 0 Å². The summed E-state index contributed by atoms with van der Waals surface area (Å²) in [5.74, 6) is 0.821. The van der Waals surface area contributed by atoms with E-state index < -0.39 is 0 Å². The fraction of sp³-hybridized carbons (Fsp3) is 0.346. The van der Waals surface area contributed by atoms with Crippen molar-refractivity contribution in [1.82, 2.24) is 5.32 Å². The second-order valence-corrected chi connectivity index (χ2v) is 7.65. The topological polar surface area (TPSA) is 36.4 Å². The van der Waals surface area contributed by atoms with E-state index in [0.29, 0.717) is 6.04 Å². The van der Waals surface area contributed by atoms with Gasteiger partial charge >= 0.3 is 0 Å². The molecule has 29 heavy (non-hydrogen) atoms. The van der Waals surface area contributed by atoms with Crippen LogP contribution in [0.15, 0.2) is 77.5 Å². The molecule has 3 heteroatoms. The number of hydrogen-bond acceptors (Lipinski definition) is 2. The van der Waals surface area contributed by atoms with Gasteiger partial charge in [0.05, 0.1) is 0 Å². The molecule has 0 heterocycles. The molecule has 0 aliphatic heterocycles. The zero-order valence-corrected chi connectivity index (χ0v) is 18.7. The van der Waals surface area contributed by atoms with Crippen molar-refractivity contribution >= 4 is 17.2 Å². The maximum atomic E-state index is 4.58. The lowest BCUT2D eigenvalue weighted by molar-refractivity contribution is 0.885. The Hall–Kier alpha value is -2.81. The Morgan fingerprint density at radius 1 is 1.24 bits per heavy atom. The van der Waals surface area contributed by atoms with Crippen molar-refractivity contribution in [3.05, 3.63) is 83.6 Å². The monoisotopic (exact) mass is 389 g/mol. The highest BCUT2D eigenvalue weighted by atomic mass is 15.0. The molecule has 154 valence electrons. The van der Waals surface area contributed by atoms with Gasteiger partial charge in [-0.15, -0.1) is 0 Å². The normalized spacial score (nSPS) is 15.5. The first-order chi connectivity index (χ1) is 13.8. The molecular formula is C26H35N3. The third kappa shape index (κ3) is 5.83. The lowest BCUT2D eigenvalue weighted by Crippen LogP contribution is -2.18. The number of aliphatic imine (C=N–C) groups is 1. The van der Waals surface area contributed by atoms with Gasteiger partial charge in [-0.3, -0.25) is 0 Å². The van der Waals surface area contributed by atoms with E-state index in [1.165, 1.54) is 18.4 Å². The molecule has 2 rings (SSSR count). The molecule has 2 N–H and O–H groups in total. The highest BCUT2D eigenvalue weighted by Crippen LogP contribution is 2.28. The SMILES string of the molecule is C=CN=C(Nc1cc(C(=C)NC2CC2)ccc1C)/C(CC)=C(C)/C(=C\C)C(=C)C. The highest BCUT2D eigenvalue weighted by Gasteiger charge is 2.21. The van der Waals surface area contributed by atoms with E-state index >= 15 is 0 Å². The second-order valence-electron chi connectivity index (χ2n) is 7.65. The number of amidine groups is 1. The van der Waals surface area contributed by atoms with Gasteiger partial charge < -0.3 is 10.6 Å². The first-order valence-corrected chi connectivity index (χ1v) is 10.4. The minimum atomic E-state index is 0.580. The highest BCUT2D eigenvalue weighted by molar-refractivity contribution is 6.09. The first-order valence-electron chi connectivity index (χ1n) is 10.4. The molecule has 1 aliphatic rings. The van der Waals surface area contributed by atoms with E-state index in [1.807, 2.05) is 13.8 Å². The Morgan fingerprint density at radius 3 is 2.45 bits per heavy atom. The Labute approximate surface area is 176 Å². The third-order valence-electron chi connectivity index (χ3n) is 5.26. The molecule has 0 unspecified atom stereocenters. The second kappa shape index (κ2) is 10.1. The maximum Gasteiger partial charge on any atom is 0.133 e. The van der Waals surface area contributed by atoms with Crippen LogP contribution in [0.3, 0.4) is 0 Å². The standard InChI is InChI=1S/C26H35N3/c1-9-23(17(4)5)19(7)24(10-2)26(27-11-3)29-25-16-21(13-12-18(25)6)20(8)28-22-14-15-22/h9,11-13,16,22,28H,3-4,8,10,14-15H2,1-2,5-7H3,(H,27,29)/b23-9-,24-19+. The average Bonchev–Trinajstić information content (AvgIpc) is 3.48. The van der Waals surface area contributed by atoms with Crippen molar-refractivity contribution in [1.29, 1.82) is 0 Å². The summed E-state index contributed by atoms with van der Waals surface area (Å²) in [5.41, 5.74) is 8.80. The Kier molecular flexibility index (Phi) is 7.83.